The second-order valence-corrected chi connectivity index (χ2v) is 25.8. The average Bonchev–Trinajstić information content (AvgIpc) is 0.905. The molecule has 0 aromatic carbocycles. The molecule has 8 atom stereocenters. The van der Waals surface area contributed by atoms with Gasteiger partial charge in [-0.15, -0.1) is 50.4 Å². The zero-order valence-electron chi connectivity index (χ0n) is 67.5. The van der Waals surface area contributed by atoms with E-state index in [1.54, 1.807) is 0 Å². The van der Waals surface area contributed by atoms with Crippen LogP contribution in [0, 0.1) is 87.2 Å². The van der Waals surface area contributed by atoms with Gasteiger partial charge >= 0.3 is 0 Å². The average molecular weight is 1400 g/mol. The standard InChI is InChI=1S/2C16H28NO3P.2C15H27N2O3P.4CH4O/c2*1-8-10-12-19-21(17(14(3)4)15(5)6)20-13-16(7)18-11-9-2;2*1-8-10-18-15(6)12-20-21(19-11-9-16-7)17(13(2)3)14(4)5;4*1-2/h2*1-2,14-16H,10-13H2,3-7H3;2*1,13-15H,9-12H2,2-6H3;4*2H,1H3/t2*16-,21?;2*15-,21?;;;;/m1010..../s1/i2*7D;2*6D;4*2T. The third-order valence-electron chi connectivity index (χ3n) is 9.79. The van der Waals surface area contributed by atoms with E-state index in [2.05, 4.69) is 195 Å². The fourth-order valence-electron chi connectivity index (χ4n) is 6.71. The lowest BCUT2D eigenvalue weighted by Crippen LogP contribution is -2.34. The molecular weight excluding hydrogens is 1260 g/mol. The number of ether oxygens (including phenoxy) is 4. The van der Waals surface area contributed by atoms with Crippen LogP contribution in [0.2, 0.25) is 0 Å². The first-order chi connectivity index (χ1) is 47.5. The molecule has 0 heterocycles. The fourth-order valence-corrected chi connectivity index (χ4v) is 13.2. The molecule has 0 aliphatic carbocycles. The van der Waals surface area contributed by atoms with Crippen LogP contribution in [0.1, 0.15) is 157 Å². The Morgan fingerprint density at radius 1 is 0.370 bits per heavy atom. The summed E-state index contributed by atoms with van der Waals surface area (Å²) in [6.07, 6.45) is 30.9. The molecule has 0 rings (SSSR count). The lowest BCUT2D eigenvalue weighted by molar-refractivity contribution is 0.0441. The molecule has 0 amide bonds. The van der Waals surface area contributed by atoms with E-state index in [1.807, 2.05) is 0 Å². The van der Waals surface area contributed by atoms with Crippen LogP contribution in [-0.2, 0) is 55.1 Å². The van der Waals surface area contributed by atoms with E-state index in [0.29, 0.717) is 52.4 Å². The normalized spacial score (nSPS) is 14.3. The van der Waals surface area contributed by atoms with Crippen molar-refractivity contribution in [2.75, 3.05) is 121 Å². The van der Waals surface area contributed by atoms with Crippen molar-refractivity contribution in [2.45, 2.75) is 224 Å². The Hall–Kier alpha value is -2.74. The number of hydrogen-bond acceptors (Lipinski definition) is 20. The third-order valence-corrected chi connectivity index (χ3v) is 18.1. The molecule has 0 fully saturated rings. The fraction of sp³-hybridized carbons (Fsp3) is 0.788. The van der Waals surface area contributed by atoms with Crippen LogP contribution in [0.3, 0.4) is 0 Å². The Bertz CT molecular complexity index is 1810. The van der Waals surface area contributed by atoms with Gasteiger partial charge in [0.2, 0.25) is 18.8 Å². The maximum Gasteiger partial charge on any atom is 0.259 e. The summed E-state index contributed by atoms with van der Waals surface area (Å²) in [5.41, 5.74) is 0. The lowest BCUT2D eigenvalue weighted by atomic mass is 10.3. The Morgan fingerprint density at radius 3 is 0.696 bits per heavy atom. The highest BCUT2D eigenvalue weighted by molar-refractivity contribution is 7.45. The molecule has 4 N–H and O–H groups in total. The van der Waals surface area contributed by atoms with E-state index in [9.17, 15) is 0 Å². The second kappa shape index (κ2) is 77.3. The lowest BCUT2D eigenvalue weighted by Gasteiger charge is -2.36. The third kappa shape index (κ3) is 63.3. The SMILES string of the molecule is [2H]C[C@@H](COP(OCCC#C)N(C(C)C)C(C)C)OCC#C.[2H]C[C@@H](COP(OCC[N+]#[C-])N(C(C)C)C(C)C)OCC#C.[2H]C[C@H](COP(OCCC#C)N(C(C)C)C(C)C)OCC#C.[2H]C[C@H](COP(OCC[N+]#[C-])N(C(C)C)C(C)C)OCC#C.[3H]OC.[3H]OC.[3H]OC.[3H]OC. The largest absolute Gasteiger partial charge is 0.400 e. The monoisotopic (exact) mass is 1390 g/mol. The van der Waals surface area contributed by atoms with Gasteiger partial charge in [0.1, 0.15) is 39.6 Å². The molecule has 0 saturated carbocycles. The second-order valence-electron chi connectivity index (χ2n) is 20.0. The molecule has 4 unspecified atom stereocenters. The molecular formula is C66H126N6O16P4. The van der Waals surface area contributed by atoms with Crippen molar-refractivity contribution in [3.63, 3.8) is 0 Å². The first kappa shape index (κ1) is 87.3. The zero-order chi connectivity index (χ0) is 78.7. The van der Waals surface area contributed by atoms with Crippen molar-refractivity contribution in [3.05, 3.63) is 22.8 Å². The number of hydrogen-bond donors (Lipinski definition) is 4. The summed E-state index contributed by atoms with van der Waals surface area (Å²) in [7, 11) is 0.0910. The molecule has 536 valence electrons. The van der Waals surface area contributed by atoms with Crippen LogP contribution in [0.4, 0.5) is 0 Å². The van der Waals surface area contributed by atoms with Crippen LogP contribution in [0.5, 0.6) is 0 Å². The summed E-state index contributed by atoms with van der Waals surface area (Å²) < 4.78 is 130. The smallest absolute Gasteiger partial charge is 0.259 e. The molecule has 0 aliphatic rings. The molecule has 0 spiro atoms. The van der Waals surface area contributed by atoms with E-state index < -0.39 is 34.1 Å². The van der Waals surface area contributed by atoms with Crippen molar-refractivity contribution < 1.29 is 81.1 Å². The molecule has 0 saturated heterocycles. The number of rotatable bonds is 44. The van der Waals surface area contributed by atoms with Crippen molar-refractivity contribution in [3.8, 4) is 74.1 Å². The quantitative estimate of drug-likeness (QED) is 0.0193. The summed E-state index contributed by atoms with van der Waals surface area (Å²) in [5, 5.41) is 14.0. The van der Waals surface area contributed by atoms with Crippen molar-refractivity contribution in [1.29, 1.82) is 5.72 Å². The van der Waals surface area contributed by atoms with E-state index in [0.717, 1.165) is 0 Å². The van der Waals surface area contributed by atoms with E-state index in [-0.39, 0.29) is 153 Å². The van der Waals surface area contributed by atoms with Crippen LogP contribution < -0.4 is 0 Å². The molecule has 0 radical (unpaired) electrons. The first-order valence-electron chi connectivity index (χ1n) is 34.3. The molecule has 26 heteroatoms. The first-order valence-corrected chi connectivity index (χ1v) is 34.3. The highest BCUT2D eigenvalue weighted by Gasteiger charge is 2.31. The maximum absolute atomic E-state index is 7.48. The minimum absolute atomic E-state index is 0.0796. The summed E-state index contributed by atoms with van der Waals surface area (Å²) >= 11 is 0. The van der Waals surface area contributed by atoms with E-state index in [1.165, 1.54) is 28.4 Å². The Labute approximate surface area is 579 Å². The van der Waals surface area contributed by atoms with Crippen LogP contribution in [0.25, 0.3) is 9.69 Å². The van der Waals surface area contributed by atoms with Gasteiger partial charge in [0.25, 0.3) is 34.1 Å². The van der Waals surface area contributed by atoms with Gasteiger partial charge < -0.3 is 85.3 Å². The molecule has 0 aromatic rings. The van der Waals surface area contributed by atoms with E-state index in [4.69, 9.17) is 118 Å². The van der Waals surface area contributed by atoms with E-state index >= 15 is 0 Å². The van der Waals surface area contributed by atoms with Crippen LogP contribution >= 0.6 is 34.1 Å². The number of terminal acetylenes is 6. The summed E-state index contributed by atoms with van der Waals surface area (Å²) in [4.78, 5) is 6.59. The maximum atomic E-state index is 7.48. The van der Waals surface area contributed by atoms with Gasteiger partial charge in [-0.05, 0) is 138 Å². The number of aliphatic hydroxyl groups excluding tert-OH is 4. The Balaban J connectivity index is -0.000000178. The molecule has 0 aromatic heterocycles. The summed E-state index contributed by atoms with van der Waals surface area (Å²) in [5.74, 6) is 14.7. The topological polar surface area (TPSA) is 213 Å². The molecule has 92 heavy (non-hydrogen) atoms. The summed E-state index contributed by atoms with van der Waals surface area (Å²) in [6, 6.07) is 2.10. The minimum atomic E-state index is -1.29. The van der Waals surface area contributed by atoms with Crippen LogP contribution in [-0.4, -0.2) is 238 Å². The van der Waals surface area contributed by atoms with Gasteiger partial charge in [-0.2, -0.15) is 0 Å². The zero-order valence-corrected chi connectivity index (χ0v) is 63.1. The van der Waals surface area contributed by atoms with Crippen molar-refractivity contribution in [2.24, 2.45) is 0 Å². The van der Waals surface area contributed by atoms with Gasteiger partial charge in [-0.3, -0.25) is 0 Å². The minimum Gasteiger partial charge on any atom is -0.400 e. The highest BCUT2D eigenvalue weighted by Crippen LogP contribution is 2.49. The van der Waals surface area contributed by atoms with Crippen LogP contribution in [0.15, 0.2) is 0 Å². The Morgan fingerprint density at radius 2 is 0.554 bits per heavy atom. The van der Waals surface area contributed by atoms with Gasteiger partial charge in [-0.1, -0.05) is 23.7 Å². The molecule has 0 bridgehead atoms. The predicted octanol–water partition coefficient (Wildman–Crippen LogP) is 11.9. The van der Waals surface area contributed by atoms with Crippen molar-refractivity contribution in [1.82, 2.24) is 18.7 Å². The van der Waals surface area contributed by atoms with Gasteiger partial charge in [0, 0.05) is 95.1 Å². The van der Waals surface area contributed by atoms with Gasteiger partial charge in [0.05, 0.1) is 64.1 Å². The summed E-state index contributed by atoms with van der Waals surface area (Å²) in [6.45, 7) is 51.4. The number of nitrogens with zero attached hydrogens (tertiary/aromatic N) is 6. The van der Waals surface area contributed by atoms with Gasteiger partial charge in [-0.25, -0.2) is 31.8 Å². The van der Waals surface area contributed by atoms with Gasteiger partial charge in [0.15, 0.2) is 0 Å². The predicted molar refractivity (Wildman–Crippen MR) is 383 cm³/mol. The van der Waals surface area contributed by atoms with Crippen molar-refractivity contribution >= 4 is 34.1 Å². The molecule has 22 nitrogen and oxygen atoms in total. The molecule has 0 aliphatic heterocycles. The number of aliphatic hydroxyl groups is 4. The highest BCUT2D eigenvalue weighted by atomic mass is 31.2. The Kier molecular flexibility index (Phi) is 73.3.